The minimum Gasteiger partial charge on any atom is -0.354 e. The summed E-state index contributed by atoms with van der Waals surface area (Å²) in [6, 6.07) is 6.84. The summed E-state index contributed by atoms with van der Waals surface area (Å²) in [7, 11) is 1.55. The summed E-state index contributed by atoms with van der Waals surface area (Å²) < 4.78 is 0. The van der Waals surface area contributed by atoms with Crippen LogP contribution in [0.1, 0.15) is 32.1 Å². The van der Waals surface area contributed by atoms with Gasteiger partial charge in [-0.25, -0.2) is 0 Å². The van der Waals surface area contributed by atoms with Gasteiger partial charge in [0.2, 0.25) is 5.12 Å². The molecule has 5 nitrogen and oxygen atoms in total. The van der Waals surface area contributed by atoms with Crippen LogP contribution in [0.15, 0.2) is 36.7 Å². The largest absolute Gasteiger partial charge is 0.354 e. The van der Waals surface area contributed by atoms with Gasteiger partial charge in [-0.1, -0.05) is 0 Å². The fourth-order valence-electron chi connectivity index (χ4n) is 1.80. The van der Waals surface area contributed by atoms with E-state index in [0.29, 0.717) is 23.4 Å². The molecule has 2 rings (SSSR count). The maximum Gasteiger partial charge on any atom is 0.269 e. The first-order valence-electron chi connectivity index (χ1n) is 5.96. The number of hydrogen-bond acceptors (Lipinski definition) is 4. The third-order valence-electron chi connectivity index (χ3n) is 2.78. The Bertz CT molecular complexity index is 658. The number of rotatable bonds is 4. The average Bonchev–Trinajstić information content (AvgIpc) is 2.47. The number of amides is 1. The monoisotopic (exact) mass is 287 g/mol. The predicted octanol–water partition coefficient (Wildman–Crippen LogP) is 1.50. The molecule has 0 saturated heterocycles. The minimum atomic E-state index is -0.325. The van der Waals surface area contributed by atoms with E-state index in [1.807, 2.05) is 0 Å². The van der Waals surface area contributed by atoms with E-state index in [1.165, 1.54) is 0 Å². The molecule has 0 radical (unpaired) electrons. The van der Waals surface area contributed by atoms with Gasteiger partial charge in [0, 0.05) is 25.9 Å². The van der Waals surface area contributed by atoms with Crippen LogP contribution in [0.25, 0.3) is 0 Å². The lowest BCUT2D eigenvalue weighted by Crippen LogP contribution is -2.19. The van der Waals surface area contributed by atoms with Gasteiger partial charge in [-0.2, -0.15) is 0 Å². The van der Waals surface area contributed by atoms with Crippen molar-refractivity contribution in [1.29, 1.82) is 0 Å². The molecule has 0 aromatic carbocycles. The summed E-state index contributed by atoms with van der Waals surface area (Å²) in [5.74, 6) is -0.252. The standard InChI is InChI=1S/C14H13N3O2S/c1-15-13(18)12-8-9(4-6-17-12)7-11-10(14(19)20)3-2-5-16-11/h2-6,8H,7H2,1H3,(H,15,18)(H,19,20). The molecule has 2 heterocycles. The van der Waals surface area contributed by atoms with Crippen LogP contribution in [0, 0.1) is 0 Å². The van der Waals surface area contributed by atoms with Gasteiger partial charge in [0.05, 0.1) is 11.3 Å². The number of nitrogens with zero attached hydrogens (tertiary/aromatic N) is 2. The zero-order valence-electron chi connectivity index (χ0n) is 10.8. The van der Waals surface area contributed by atoms with Crippen molar-refractivity contribution in [1.82, 2.24) is 15.3 Å². The lowest BCUT2D eigenvalue weighted by molar-refractivity contribution is 0.0957. The molecule has 0 aliphatic rings. The second kappa shape index (κ2) is 6.29. The van der Waals surface area contributed by atoms with Gasteiger partial charge in [0.25, 0.3) is 5.91 Å². The maximum absolute atomic E-state index is 11.5. The van der Waals surface area contributed by atoms with Crippen LogP contribution in [0.5, 0.6) is 0 Å². The summed E-state index contributed by atoms with van der Waals surface area (Å²) in [6.07, 6.45) is 3.62. The van der Waals surface area contributed by atoms with Gasteiger partial charge in [-0.15, -0.1) is 12.6 Å². The highest BCUT2D eigenvalue weighted by Crippen LogP contribution is 2.14. The molecule has 0 fully saturated rings. The van der Waals surface area contributed by atoms with E-state index in [-0.39, 0.29) is 11.0 Å². The molecule has 0 saturated carbocycles. The Morgan fingerprint density at radius 2 is 2.05 bits per heavy atom. The molecule has 0 unspecified atom stereocenters. The second-order valence-corrected chi connectivity index (χ2v) is 4.51. The Kier molecular flexibility index (Phi) is 4.47. The van der Waals surface area contributed by atoms with E-state index in [0.717, 1.165) is 5.56 Å². The van der Waals surface area contributed by atoms with Crippen molar-refractivity contribution in [2.75, 3.05) is 7.05 Å². The van der Waals surface area contributed by atoms with Crippen LogP contribution in [0.4, 0.5) is 0 Å². The smallest absolute Gasteiger partial charge is 0.269 e. The zero-order valence-corrected chi connectivity index (χ0v) is 11.7. The highest BCUT2D eigenvalue weighted by molar-refractivity contribution is 7.97. The normalized spacial score (nSPS) is 10.1. The molecule has 1 amide bonds. The summed E-state index contributed by atoms with van der Waals surface area (Å²) >= 11 is 3.84. The molecule has 0 atom stereocenters. The molecule has 102 valence electrons. The minimum absolute atomic E-state index is 0.252. The predicted molar refractivity (Wildman–Crippen MR) is 78.0 cm³/mol. The summed E-state index contributed by atoms with van der Waals surface area (Å²) in [5, 5.41) is 2.19. The first-order valence-corrected chi connectivity index (χ1v) is 6.40. The third kappa shape index (κ3) is 3.21. The lowest BCUT2D eigenvalue weighted by Gasteiger charge is -2.06. The summed E-state index contributed by atoms with van der Waals surface area (Å²) in [6.45, 7) is 0. The van der Waals surface area contributed by atoms with Crippen LogP contribution in [-0.2, 0) is 6.42 Å². The molecular formula is C14H13N3O2S. The molecule has 0 bridgehead atoms. The highest BCUT2D eigenvalue weighted by atomic mass is 32.1. The molecule has 2 aromatic rings. The van der Waals surface area contributed by atoms with Crippen molar-refractivity contribution in [3.05, 3.63) is 59.2 Å². The third-order valence-corrected chi connectivity index (χ3v) is 3.02. The van der Waals surface area contributed by atoms with E-state index >= 15 is 0 Å². The van der Waals surface area contributed by atoms with Gasteiger partial charge in [-0.3, -0.25) is 19.6 Å². The number of carbonyl (C=O) groups is 2. The van der Waals surface area contributed by atoms with Crippen LogP contribution < -0.4 is 5.32 Å². The van der Waals surface area contributed by atoms with Crippen molar-refractivity contribution < 1.29 is 9.59 Å². The SMILES string of the molecule is CNC(=O)c1cc(Cc2ncccc2C(=O)S)ccn1. The maximum atomic E-state index is 11.5. The van der Waals surface area contributed by atoms with Crippen molar-refractivity contribution in [2.24, 2.45) is 0 Å². The number of thiol groups is 1. The topological polar surface area (TPSA) is 72.0 Å². The van der Waals surface area contributed by atoms with E-state index in [1.54, 1.807) is 43.7 Å². The molecule has 20 heavy (non-hydrogen) atoms. The Morgan fingerprint density at radius 3 is 2.75 bits per heavy atom. The number of hydrogen-bond donors (Lipinski definition) is 2. The number of carbonyl (C=O) groups excluding carboxylic acids is 2. The van der Waals surface area contributed by atoms with Crippen LogP contribution >= 0.6 is 12.6 Å². The molecule has 6 heteroatoms. The van der Waals surface area contributed by atoms with Crippen LogP contribution in [0.2, 0.25) is 0 Å². The average molecular weight is 287 g/mol. The Hall–Kier alpha value is -2.21. The Balaban J connectivity index is 2.31. The van der Waals surface area contributed by atoms with Gasteiger partial charge in [0.1, 0.15) is 5.69 Å². The van der Waals surface area contributed by atoms with Crippen LogP contribution in [0.3, 0.4) is 0 Å². The van der Waals surface area contributed by atoms with E-state index < -0.39 is 0 Å². The highest BCUT2D eigenvalue weighted by Gasteiger charge is 2.11. The summed E-state index contributed by atoms with van der Waals surface area (Å²) in [4.78, 5) is 31.2. The molecule has 0 aliphatic carbocycles. The van der Waals surface area contributed by atoms with Crippen molar-refractivity contribution in [3.63, 3.8) is 0 Å². The van der Waals surface area contributed by atoms with E-state index in [9.17, 15) is 9.59 Å². The fourth-order valence-corrected chi connectivity index (χ4v) is 2.01. The van der Waals surface area contributed by atoms with Gasteiger partial charge in [-0.05, 0) is 29.8 Å². The Labute approximate surface area is 121 Å². The lowest BCUT2D eigenvalue weighted by atomic mass is 10.1. The van der Waals surface area contributed by atoms with Crippen molar-refractivity contribution in [2.45, 2.75) is 6.42 Å². The summed E-state index contributed by atoms with van der Waals surface area (Å²) in [5.41, 5.74) is 2.28. The fraction of sp³-hybridized carbons (Fsp3) is 0.143. The van der Waals surface area contributed by atoms with Gasteiger partial charge < -0.3 is 5.32 Å². The van der Waals surface area contributed by atoms with Crippen molar-refractivity contribution in [3.8, 4) is 0 Å². The molecule has 2 aromatic heterocycles. The molecule has 0 spiro atoms. The second-order valence-electron chi connectivity index (χ2n) is 4.11. The van der Waals surface area contributed by atoms with E-state index in [4.69, 9.17) is 0 Å². The number of aromatic nitrogens is 2. The van der Waals surface area contributed by atoms with Gasteiger partial charge >= 0.3 is 0 Å². The first-order chi connectivity index (χ1) is 9.61. The van der Waals surface area contributed by atoms with Crippen molar-refractivity contribution >= 4 is 23.7 Å². The zero-order chi connectivity index (χ0) is 14.5. The quantitative estimate of drug-likeness (QED) is 0.836. The first kappa shape index (κ1) is 14.2. The molecule has 1 N–H and O–H groups in total. The molecular weight excluding hydrogens is 274 g/mol. The number of pyridine rings is 2. The Morgan fingerprint density at radius 1 is 1.25 bits per heavy atom. The van der Waals surface area contributed by atoms with Gasteiger partial charge in [0.15, 0.2) is 0 Å². The number of nitrogens with one attached hydrogen (secondary N) is 1. The van der Waals surface area contributed by atoms with Crippen LogP contribution in [-0.4, -0.2) is 28.0 Å². The molecule has 0 aliphatic heterocycles. The van der Waals surface area contributed by atoms with E-state index in [2.05, 4.69) is 27.9 Å².